The largest absolute Gasteiger partial charge is 0.496 e. The molecule has 2 aliphatic carbocycles. The van der Waals surface area contributed by atoms with Crippen LogP contribution in [-0.2, 0) is 19.3 Å². The lowest BCUT2D eigenvalue weighted by Gasteiger charge is -2.19. The van der Waals surface area contributed by atoms with Crippen LogP contribution in [0.1, 0.15) is 48.8 Å². The number of ether oxygens (including phenoxy) is 1. The summed E-state index contributed by atoms with van der Waals surface area (Å²) < 4.78 is 5.57. The summed E-state index contributed by atoms with van der Waals surface area (Å²) in [5.41, 5.74) is 10.9. The van der Waals surface area contributed by atoms with Gasteiger partial charge in [0.2, 0.25) is 0 Å². The second kappa shape index (κ2) is 4.58. The zero-order valence-corrected chi connectivity index (χ0v) is 11.3. The summed E-state index contributed by atoms with van der Waals surface area (Å²) in [6.07, 6.45) is 9.75. The third kappa shape index (κ3) is 2.26. The molecule has 0 radical (unpaired) electrons. The lowest BCUT2D eigenvalue weighted by molar-refractivity contribution is 0.406. The average molecular weight is 245 g/mol. The van der Waals surface area contributed by atoms with E-state index in [0.717, 1.165) is 12.2 Å². The second-order valence-corrected chi connectivity index (χ2v) is 5.98. The minimum atomic E-state index is 0.0642. The van der Waals surface area contributed by atoms with E-state index >= 15 is 0 Å². The van der Waals surface area contributed by atoms with Gasteiger partial charge in [-0.1, -0.05) is 12.5 Å². The van der Waals surface area contributed by atoms with Crippen molar-refractivity contribution in [1.29, 1.82) is 0 Å². The number of rotatable bonds is 3. The molecule has 1 saturated carbocycles. The topological polar surface area (TPSA) is 35.2 Å². The third-order valence-corrected chi connectivity index (χ3v) is 4.50. The highest BCUT2D eigenvalue weighted by Gasteiger charge is 2.39. The number of hydrogen-bond donors (Lipinski definition) is 1. The molecule has 3 rings (SSSR count). The van der Waals surface area contributed by atoms with Crippen LogP contribution in [0.4, 0.5) is 0 Å². The summed E-state index contributed by atoms with van der Waals surface area (Å²) in [7, 11) is 1.78. The Bertz CT molecular complexity index is 449. The van der Waals surface area contributed by atoms with Crippen LogP contribution in [0.15, 0.2) is 12.1 Å². The van der Waals surface area contributed by atoms with E-state index in [1.807, 2.05) is 0 Å². The molecule has 0 spiro atoms. The molecule has 2 heteroatoms. The van der Waals surface area contributed by atoms with E-state index in [9.17, 15) is 0 Å². The fraction of sp³-hybridized carbons (Fsp3) is 0.625. The molecule has 1 aromatic carbocycles. The fourth-order valence-corrected chi connectivity index (χ4v) is 3.13. The molecule has 2 nitrogen and oxygen atoms in total. The lowest BCUT2D eigenvalue weighted by Crippen LogP contribution is -2.25. The van der Waals surface area contributed by atoms with E-state index in [2.05, 4.69) is 12.1 Å². The smallest absolute Gasteiger partial charge is 0.122 e. The summed E-state index contributed by atoms with van der Waals surface area (Å²) >= 11 is 0. The molecular weight excluding hydrogens is 222 g/mol. The Kier molecular flexibility index (Phi) is 3.06. The Balaban J connectivity index is 2.01. The SMILES string of the molecule is COc1ccc2c(c1CC1(N)CC1)CCCCC2. The minimum absolute atomic E-state index is 0.0642. The quantitative estimate of drug-likeness (QED) is 0.831. The summed E-state index contributed by atoms with van der Waals surface area (Å²) in [6.45, 7) is 0. The van der Waals surface area contributed by atoms with Crippen molar-refractivity contribution in [3.63, 3.8) is 0 Å². The summed E-state index contributed by atoms with van der Waals surface area (Å²) in [4.78, 5) is 0. The van der Waals surface area contributed by atoms with Gasteiger partial charge >= 0.3 is 0 Å². The maximum absolute atomic E-state index is 6.32. The first kappa shape index (κ1) is 12.0. The Morgan fingerprint density at radius 3 is 2.67 bits per heavy atom. The van der Waals surface area contributed by atoms with E-state index in [-0.39, 0.29) is 5.54 Å². The molecule has 2 aliphatic rings. The van der Waals surface area contributed by atoms with Gasteiger partial charge in [-0.05, 0) is 67.7 Å². The molecule has 0 heterocycles. The zero-order valence-electron chi connectivity index (χ0n) is 11.3. The molecule has 1 fully saturated rings. The highest BCUT2D eigenvalue weighted by atomic mass is 16.5. The van der Waals surface area contributed by atoms with Gasteiger partial charge in [-0.2, -0.15) is 0 Å². The van der Waals surface area contributed by atoms with Gasteiger partial charge in [-0.3, -0.25) is 0 Å². The van der Waals surface area contributed by atoms with Gasteiger partial charge in [0.25, 0.3) is 0 Å². The van der Waals surface area contributed by atoms with Gasteiger partial charge in [-0.25, -0.2) is 0 Å². The van der Waals surface area contributed by atoms with Crippen LogP contribution < -0.4 is 10.5 Å². The molecule has 98 valence electrons. The van der Waals surface area contributed by atoms with Crippen molar-refractivity contribution in [3.05, 3.63) is 28.8 Å². The maximum atomic E-state index is 6.32. The van der Waals surface area contributed by atoms with Gasteiger partial charge in [-0.15, -0.1) is 0 Å². The monoisotopic (exact) mass is 245 g/mol. The number of nitrogens with two attached hydrogens (primary N) is 1. The van der Waals surface area contributed by atoms with E-state index in [0.29, 0.717) is 0 Å². The molecular formula is C16H23NO. The minimum Gasteiger partial charge on any atom is -0.496 e. The van der Waals surface area contributed by atoms with Crippen molar-refractivity contribution in [1.82, 2.24) is 0 Å². The first-order valence-electron chi connectivity index (χ1n) is 7.18. The van der Waals surface area contributed by atoms with Gasteiger partial charge < -0.3 is 10.5 Å². The zero-order chi connectivity index (χ0) is 12.6. The first-order chi connectivity index (χ1) is 8.72. The molecule has 0 unspecified atom stereocenters. The number of methoxy groups -OCH3 is 1. The van der Waals surface area contributed by atoms with E-state index in [1.165, 1.54) is 56.1 Å². The Morgan fingerprint density at radius 2 is 1.94 bits per heavy atom. The fourth-order valence-electron chi connectivity index (χ4n) is 3.13. The van der Waals surface area contributed by atoms with Gasteiger partial charge in [0.1, 0.15) is 5.75 Å². The van der Waals surface area contributed by atoms with Crippen LogP contribution >= 0.6 is 0 Å². The molecule has 0 amide bonds. The predicted molar refractivity (Wildman–Crippen MR) is 74.1 cm³/mol. The van der Waals surface area contributed by atoms with E-state index in [4.69, 9.17) is 10.5 Å². The molecule has 0 aliphatic heterocycles. The van der Waals surface area contributed by atoms with Crippen LogP contribution in [0.3, 0.4) is 0 Å². The summed E-state index contributed by atoms with van der Waals surface area (Å²) in [5.74, 6) is 1.05. The highest BCUT2D eigenvalue weighted by molar-refractivity contribution is 5.47. The van der Waals surface area contributed by atoms with Gasteiger partial charge in [0.05, 0.1) is 7.11 Å². The maximum Gasteiger partial charge on any atom is 0.122 e. The Hall–Kier alpha value is -1.02. The molecule has 2 N–H and O–H groups in total. The van der Waals surface area contributed by atoms with Crippen molar-refractivity contribution < 1.29 is 4.74 Å². The van der Waals surface area contributed by atoms with Gasteiger partial charge in [0.15, 0.2) is 0 Å². The molecule has 0 saturated heterocycles. The van der Waals surface area contributed by atoms with Crippen LogP contribution in [-0.4, -0.2) is 12.6 Å². The second-order valence-electron chi connectivity index (χ2n) is 5.98. The Morgan fingerprint density at radius 1 is 1.17 bits per heavy atom. The molecule has 0 atom stereocenters. The molecule has 0 aromatic heterocycles. The molecule has 1 aromatic rings. The van der Waals surface area contributed by atoms with Crippen LogP contribution in [0.25, 0.3) is 0 Å². The molecule has 0 bridgehead atoms. The van der Waals surface area contributed by atoms with Crippen molar-refractivity contribution >= 4 is 0 Å². The predicted octanol–water partition coefficient (Wildman–Crippen LogP) is 3.00. The summed E-state index contributed by atoms with van der Waals surface area (Å²) in [5, 5.41) is 0. The summed E-state index contributed by atoms with van der Waals surface area (Å²) in [6, 6.07) is 4.41. The number of benzene rings is 1. The van der Waals surface area contributed by atoms with Crippen molar-refractivity contribution in [2.24, 2.45) is 5.73 Å². The highest BCUT2D eigenvalue weighted by Crippen LogP contribution is 2.40. The van der Waals surface area contributed by atoms with Gasteiger partial charge in [0, 0.05) is 5.54 Å². The number of fused-ring (bicyclic) bond motifs is 1. The average Bonchev–Trinajstić information content (AvgIpc) is 3.12. The first-order valence-corrected chi connectivity index (χ1v) is 7.18. The van der Waals surface area contributed by atoms with Crippen LogP contribution in [0.5, 0.6) is 5.75 Å². The van der Waals surface area contributed by atoms with Crippen molar-refractivity contribution in [3.8, 4) is 5.75 Å². The Labute approximate surface area is 110 Å². The molecule has 18 heavy (non-hydrogen) atoms. The third-order valence-electron chi connectivity index (χ3n) is 4.50. The van der Waals surface area contributed by atoms with Crippen molar-refractivity contribution in [2.45, 2.75) is 56.9 Å². The number of aryl methyl sites for hydroxylation is 1. The lowest BCUT2D eigenvalue weighted by atomic mass is 9.91. The van der Waals surface area contributed by atoms with Crippen molar-refractivity contribution in [2.75, 3.05) is 7.11 Å². The standard InChI is InChI=1S/C16H23NO/c1-18-15-8-7-12-5-3-2-4-6-13(12)14(15)11-16(17)9-10-16/h7-8H,2-6,9-11,17H2,1H3. The van der Waals surface area contributed by atoms with Crippen LogP contribution in [0, 0.1) is 0 Å². The van der Waals surface area contributed by atoms with E-state index < -0.39 is 0 Å². The number of hydrogen-bond acceptors (Lipinski definition) is 2. The van der Waals surface area contributed by atoms with Crippen LogP contribution in [0.2, 0.25) is 0 Å². The normalized spacial score (nSPS) is 21.0. The van der Waals surface area contributed by atoms with E-state index in [1.54, 1.807) is 12.7 Å².